The number of nitrogens with one attached hydrogen (secondary N) is 1. The van der Waals surface area contributed by atoms with Crippen LogP contribution < -0.4 is 15.0 Å². The Kier molecular flexibility index (Phi) is 5.92. The van der Waals surface area contributed by atoms with Gasteiger partial charge in [0.25, 0.3) is 0 Å². The lowest BCUT2D eigenvalue weighted by atomic mass is 9.69. The molecule has 2 N–H and O–H groups in total. The van der Waals surface area contributed by atoms with E-state index in [0.29, 0.717) is 24.7 Å². The summed E-state index contributed by atoms with van der Waals surface area (Å²) < 4.78 is 6.59. The van der Waals surface area contributed by atoms with Crippen molar-refractivity contribution in [2.75, 3.05) is 37.7 Å². The van der Waals surface area contributed by atoms with Gasteiger partial charge in [-0.05, 0) is 94.4 Å². The third-order valence-electron chi connectivity index (χ3n) is 11.2. The quantitative estimate of drug-likeness (QED) is 0.587. The summed E-state index contributed by atoms with van der Waals surface area (Å²) in [4.78, 5) is 15.4. The van der Waals surface area contributed by atoms with Gasteiger partial charge in [0.2, 0.25) is 0 Å². The van der Waals surface area contributed by atoms with E-state index >= 15 is 0 Å². The third kappa shape index (κ3) is 3.94. The average molecular weight is 550 g/mol. The van der Waals surface area contributed by atoms with Crippen molar-refractivity contribution in [3.05, 3.63) is 45.6 Å². The number of ether oxygens (including phenoxy) is 1. The Balaban J connectivity index is 1.14. The fourth-order valence-electron chi connectivity index (χ4n) is 9.22. The molecule has 8 rings (SSSR count). The minimum Gasteiger partial charge on any atom is -0.461 e. The van der Waals surface area contributed by atoms with Gasteiger partial charge in [-0.2, -0.15) is 9.97 Å². The van der Waals surface area contributed by atoms with Crippen LogP contribution in [0.15, 0.2) is 18.2 Å². The molecule has 1 spiro atoms. The van der Waals surface area contributed by atoms with Crippen molar-refractivity contribution in [3.63, 3.8) is 0 Å². The Labute approximate surface area is 236 Å². The highest BCUT2D eigenvalue weighted by Gasteiger charge is 2.50. The predicted octanol–water partition coefficient (Wildman–Crippen LogP) is 3.81. The lowest BCUT2D eigenvalue weighted by Gasteiger charge is -2.39. The molecular weight excluding hydrogens is 510 g/mol. The second-order valence-corrected chi connectivity index (χ2v) is 13.6. The van der Waals surface area contributed by atoms with Gasteiger partial charge in [-0.1, -0.05) is 23.7 Å². The number of halogens is 1. The molecule has 7 nitrogen and oxygen atoms in total. The first-order valence-electron chi connectivity index (χ1n) is 15.2. The second-order valence-electron chi connectivity index (χ2n) is 13.2. The number of fused-ring (bicyclic) bond motifs is 6. The molecule has 4 fully saturated rings. The minimum absolute atomic E-state index is 0.0172. The van der Waals surface area contributed by atoms with Crippen molar-refractivity contribution in [3.8, 4) is 6.01 Å². The Morgan fingerprint density at radius 1 is 1.03 bits per heavy atom. The van der Waals surface area contributed by atoms with Crippen LogP contribution in [0.1, 0.15) is 73.8 Å². The van der Waals surface area contributed by atoms with E-state index in [4.69, 9.17) is 26.3 Å². The molecule has 0 amide bonds. The molecule has 1 aromatic heterocycles. The summed E-state index contributed by atoms with van der Waals surface area (Å²) in [5, 5.41) is 14.6. The minimum atomic E-state index is 0.0172. The maximum atomic E-state index is 9.94. The van der Waals surface area contributed by atoms with Crippen LogP contribution in [0.4, 0.5) is 5.82 Å². The number of aliphatic hydroxyl groups excluding tert-OH is 1. The first-order valence-corrected chi connectivity index (χ1v) is 15.6. The molecular formula is C31H40ClN5O2. The molecule has 0 radical (unpaired) electrons. The lowest BCUT2D eigenvalue weighted by molar-refractivity contribution is 0.0641. The van der Waals surface area contributed by atoms with Crippen LogP contribution in [-0.2, 0) is 24.7 Å². The number of benzene rings is 1. The van der Waals surface area contributed by atoms with Crippen LogP contribution in [0.5, 0.6) is 6.01 Å². The van der Waals surface area contributed by atoms with E-state index in [-0.39, 0.29) is 23.6 Å². The van der Waals surface area contributed by atoms with Gasteiger partial charge in [0.15, 0.2) is 0 Å². The molecule has 208 valence electrons. The first-order chi connectivity index (χ1) is 19.1. The number of hydrogen-bond acceptors (Lipinski definition) is 7. The van der Waals surface area contributed by atoms with Crippen molar-refractivity contribution in [2.24, 2.45) is 0 Å². The molecule has 2 aromatic rings. The third-order valence-corrected chi connectivity index (χ3v) is 11.5. The number of aromatic nitrogens is 2. The zero-order valence-electron chi connectivity index (χ0n) is 22.8. The van der Waals surface area contributed by atoms with Gasteiger partial charge in [-0.3, -0.25) is 4.90 Å². The van der Waals surface area contributed by atoms with E-state index in [9.17, 15) is 5.11 Å². The number of anilines is 1. The van der Waals surface area contributed by atoms with Crippen LogP contribution >= 0.6 is 11.6 Å². The smallest absolute Gasteiger partial charge is 0.318 e. The molecule has 1 aromatic carbocycles. The van der Waals surface area contributed by atoms with E-state index in [2.05, 4.69) is 27.2 Å². The molecule has 2 aliphatic carbocycles. The monoisotopic (exact) mass is 549 g/mol. The highest BCUT2D eigenvalue weighted by Crippen LogP contribution is 2.50. The topological polar surface area (TPSA) is 73.8 Å². The van der Waals surface area contributed by atoms with Gasteiger partial charge in [0.1, 0.15) is 12.4 Å². The zero-order chi connectivity index (χ0) is 26.2. The molecule has 6 aliphatic rings. The summed E-state index contributed by atoms with van der Waals surface area (Å²) in [6.45, 7) is 3.93. The fraction of sp³-hybridized carbons (Fsp3) is 0.677. The van der Waals surface area contributed by atoms with Crippen molar-refractivity contribution in [1.82, 2.24) is 20.2 Å². The Hall–Kier alpha value is -1.93. The van der Waals surface area contributed by atoms with E-state index in [1.165, 1.54) is 41.6 Å². The molecule has 5 atom stereocenters. The molecule has 4 saturated heterocycles. The number of piperazine rings is 1. The Morgan fingerprint density at radius 3 is 2.67 bits per heavy atom. The van der Waals surface area contributed by atoms with Crippen LogP contribution in [0.2, 0.25) is 5.02 Å². The zero-order valence-corrected chi connectivity index (χ0v) is 23.6. The van der Waals surface area contributed by atoms with Crippen LogP contribution in [0.25, 0.3) is 0 Å². The summed E-state index contributed by atoms with van der Waals surface area (Å²) in [5.41, 5.74) is 5.42. The van der Waals surface area contributed by atoms with Crippen molar-refractivity contribution >= 4 is 17.4 Å². The first kappa shape index (κ1) is 24.8. The van der Waals surface area contributed by atoms with Gasteiger partial charge in [-0.25, -0.2) is 0 Å². The summed E-state index contributed by atoms with van der Waals surface area (Å²) in [5.74, 6) is 1.12. The Bertz CT molecular complexity index is 1280. The summed E-state index contributed by atoms with van der Waals surface area (Å²) in [6.07, 6.45) is 12.2. The van der Waals surface area contributed by atoms with Gasteiger partial charge in [-0.15, -0.1) is 0 Å². The number of aliphatic hydroxyl groups is 1. The molecule has 2 bridgehead atoms. The molecule has 8 heteroatoms. The van der Waals surface area contributed by atoms with Crippen molar-refractivity contribution < 1.29 is 9.84 Å². The maximum absolute atomic E-state index is 9.94. The molecule has 5 heterocycles. The van der Waals surface area contributed by atoms with Crippen LogP contribution in [0.3, 0.4) is 0 Å². The van der Waals surface area contributed by atoms with Crippen LogP contribution in [-0.4, -0.2) is 76.5 Å². The van der Waals surface area contributed by atoms with E-state index in [1.54, 1.807) is 0 Å². The second kappa shape index (κ2) is 9.30. The number of nitrogens with zero attached hydrogens (tertiary/aromatic N) is 4. The van der Waals surface area contributed by atoms with Gasteiger partial charge in [0, 0.05) is 47.2 Å². The van der Waals surface area contributed by atoms with Crippen molar-refractivity contribution in [2.45, 2.75) is 99.7 Å². The van der Waals surface area contributed by atoms with Gasteiger partial charge < -0.3 is 20.1 Å². The van der Waals surface area contributed by atoms with Crippen molar-refractivity contribution in [1.29, 1.82) is 0 Å². The summed E-state index contributed by atoms with van der Waals surface area (Å²) in [7, 11) is 0. The molecule has 1 unspecified atom stereocenters. The highest BCUT2D eigenvalue weighted by atomic mass is 35.5. The fourth-order valence-corrected chi connectivity index (χ4v) is 9.49. The SMILES string of the molecule is OC[C@@H]1CC[C@]2(COc3nc4c(c(N5C[C@H]6CC[C@@H](C5)N6)n3)CCC3(CCc5c(Cl)cccc53)C4)CCCN12. The highest BCUT2D eigenvalue weighted by molar-refractivity contribution is 6.31. The Morgan fingerprint density at radius 2 is 1.85 bits per heavy atom. The van der Waals surface area contributed by atoms with E-state index in [1.807, 2.05) is 6.07 Å². The van der Waals surface area contributed by atoms with Crippen LogP contribution in [0, 0.1) is 0 Å². The molecule has 4 aliphatic heterocycles. The maximum Gasteiger partial charge on any atom is 0.318 e. The summed E-state index contributed by atoms with van der Waals surface area (Å²) in [6, 6.07) is 8.38. The standard InChI is InChI=1S/C31H40ClN5O2/c32-26-4-1-3-25-23(26)8-11-30(25)12-9-24-27(15-30)34-29(35-28(24)36-16-20-5-6-21(17-36)33-20)39-19-31-10-2-14-37(31)22(18-38)7-13-31/h1,3-4,20-22,33,38H,2,5-19H2/t20-,21+,22-,30?,31-/m0/s1. The lowest BCUT2D eigenvalue weighted by Crippen LogP contribution is -2.52. The average Bonchev–Trinajstić information content (AvgIpc) is 3.70. The normalized spacial score (nSPS) is 34.9. The molecule has 0 saturated carbocycles. The predicted molar refractivity (Wildman–Crippen MR) is 152 cm³/mol. The molecule has 39 heavy (non-hydrogen) atoms. The van der Waals surface area contributed by atoms with Gasteiger partial charge in [0.05, 0.1) is 17.8 Å². The largest absolute Gasteiger partial charge is 0.461 e. The summed E-state index contributed by atoms with van der Waals surface area (Å²) >= 11 is 6.65. The van der Waals surface area contributed by atoms with E-state index in [0.717, 1.165) is 81.8 Å². The number of rotatable bonds is 5. The van der Waals surface area contributed by atoms with Gasteiger partial charge >= 0.3 is 6.01 Å². The van der Waals surface area contributed by atoms with E-state index < -0.39 is 0 Å². The number of hydrogen-bond donors (Lipinski definition) is 2.